The SMILES string of the molecule is CC(C)C(CBr)NC(=O)c1ccccn1. The molecule has 1 aromatic rings. The summed E-state index contributed by atoms with van der Waals surface area (Å²) in [6.45, 7) is 4.15. The summed E-state index contributed by atoms with van der Waals surface area (Å²) >= 11 is 3.38. The standard InChI is InChI=1S/C11H15BrN2O/c1-8(2)10(7-12)14-11(15)9-5-3-4-6-13-9/h3-6,8,10H,7H2,1-2H3,(H,14,15). The zero-order valence-electron chi connectivity index (χ0n) is 8.90. The molecular weight excluding hydrogens is 256 g/mol. The van der Waals surface area contributed by atoms with Gasteiger partial charge in [0.1, 0.15) is 5.69 Å². The van der Waals surface area contributed by atoms with Crippen molar-refractivity contribution < 1.29 is 4.79 Å². The topological polar surface area (TPSA) is 42.0 Å². The molecule has 1 unspecified atom stereocenters. The van der Waals surface area contributed by atoms with E-state index < -0.39 is 0 Å². The van der Waals surface area contributed by atoms with Crippen LogP contribution in [0.4, 0.5) is 0 Å². The van der Waals surface area contributed by atoms with E-state index >= 15 is 0 Å². The number of carbonyl (C=O) groups excluding carboxylic acids is 1. The van der Waals surface area contributed by atoms with Crippen molar-refractivity contribution in [1.29, 1.82) is 0 Å². The lowest BCUT2D eigenvalue weighted by molar-refractivity contribution is 0.0926. The van der Waals surface area contributed by atoms with Gasteiger partial charge in [-0.25, -0.2) is 0 Å². The van der Waals surface area contributed by atoms with E-state index in [4.69, 9.17) is 0 Å². The molecule has 15 heavy (non-hydrogen) atoms. The molecule has 0 aliphatic heterocycles. The number of rotatable bonds is 4. The molecule has 3 nitrogen and oxygen atoms in total. The van der Waals surface area contributed by atoms with Crippen molar-refractivity contribution in [3.8, 4) is 0 Å². The second kappa shape index (κ2) is 5.85. The lowest BCUT2D eigenvalue weighted by Crippen LogP contribution is -2.40. The summed E-state index contributed by atoms with van der Waals surface area (Å²) < 4.78 is 0. The van der Waals surface area contributed by atoms with E-state index in [1.54, 1.807) is 24.4 Å². The molecule has 1 N–H and O–H groups in total. The van der Waals surface area contributed by atoms with Crippen LogP contribution in [0.3, 0.4) is 0 Å². The van der Waals surface area contributed by atoms with Gasteiger partial charge in [0.25, 0.3) is 5.91 Å². The summed E-state index contributed by atoms with van der Waals surface area (Å²) in [5, 5.41) is 3.69. The van der Waals surface area contributed by atoms with Crippen LogP contribution in [0.25, 0.3) is 0 Å². The summed E-state index contributed by atoms with van der Waals surface area (Å²) in [5.41, 5.74) is 0.462. The molecule has 82 valence electrons. The maximum atomic E-state index is 11.7. The summed E-state index contributed by atoms with van der Waals surface area (Å²) in [6, 6.07) is 5.45. The summed E-state index contributed by atoms with van der Waals surface area (Å²) in [5.74, 6) is 0.283. The number of nitrogens with one attached hydrogen (secondary N) is 1. The number of aromatic nitrogens is 1. The number of amides is 1. The Labute approximate surface area is 98.4 Å². The fourth-order valence-electron chi connectivity index (χ4n) is 1.12. The number of pyridine rings is 1. The maximum absolute atomic E-state index is 11.7. The molecule has 4 heteroatoms. The van der Waals surface area contributed by atoms with E-state index in [0.717, 1.165) is 5.33 Å². The zero-order valence-corrected chi connectivity index (χ0v) is 10.5. The Balaban J connectivity index is 2.63. The molecule has 0 aliphatic rings. The largest absolute Gasteiger partial charge is 0.347 e. The van der Waals surface area contributed by atoms with Crippen molar-refractivity contribution >= 4 is 21.8 Å². The van der Waals surface area contributed by atoms with Crippen LogP contribution in [0.1, 0.15) is 24.3 Å². The average molecular weight is 271 g/mol. The van der Waals surface area contributed by atoms with Gasteiger partial charge in [0, 0.05) is 17.6 Å². The highest BCUT2D eigenvalue weighted by Gasteiger charge is 2.16. The van der Waals surface area contributed by atoms with Gasteiger partial charge in [-0.2, -0.15) is 0 Å². The average Bonchev–Trinajstić information content (AvgIpc) is 2.26. The smallest absolute Gasteiger partial charge is 0.270 e. The van der Waals surface area contributed by atoms with Gasteiger partial charge in [-0.05, 0) is 18.1 Å². The normalized spacial score (nSPS) is 12.5. The highest BCUT2D eigenvalue weighted by Crippen LogP contribution is 2.05. The molecule has 0 fully saturated rings. The maximum Gasteiger partial charge on any atom is 0.270 e. The molecule has 0 radical (unpaired) electrons. The predicted molar refractivity (Wildman–Crippen MR) is 64.1 cm³/mol. The van der Waals surface area contributed by atoms with Crippen LogP contribution in [0.15, 0.2) is 24.4 Å². The molecule has 0 saturated heterocycles. The first-order valence-corrected chi connectivity index (χ1v) is 6.05. The van der Waals surface area contributed by atoms with Crippen LogP contribution >= 0.6 is 15.9 Å². The Morgan fingerprint density at radius 2 is 2.27 bits per heavy atom. The van der Waals surface area contributed by atoms with Crippen molar-refractivity contribution in [2.75, 3.05) is 5.33 Å². The van der Waals surface area contributed by atoms with E-state index in [1.165, 1.54) is 0 Å². The Bertz CT molecular complexity index is 314. The third-order valence-corrected chi connectivity index (χ3v) is 2.88. The van der Waals surface area contributed by atoms with Gasteiger partial charge >= 0.3 is 0 Å². The molecule has 1 heterocycles. The van der Waals surface area contributed by atoms with Crippen LogP contribution in [-0.2, 0) is 0 Å². The molecule has 1 rings (SSSR count). The van der Waals surface area contributed by atoms with Crippen molar-refractivity contribution in [1.82, 2.24) is 10.3 Å². The Hall–Kier alpha value is -0.900. The van der Waals surface area contributed by atoms with E-state index in [1.807, 2.05) is 0 Å². The first-order chi connectivity index (χ1) is 7.15. The van der Waals surface area contributed by atoms with Crippen molar-refractivity contribution in [3.05, 3.63) is 30.1 Å². The third kappa shape index (κ3) is 3.63. The minimum absolute atomic E-state index is 0.117. The minimum atomic E-state index is -0.117. The third-order valence-electron chi connectivity index (χ3n) is 2.18. The number of hydrogen-bond acceptors (Lipinski definition) is 2. The quantitative estimate of drug-likeness (QED) is 0.853. The van der Waals surface area contributed by atoms with Gasteiger partial charge in [0.15, 0.2) is 0 Å². The molecule has 0 bridgehead atoms. The van der Waals surface area contributed by atoms with Crippen LogP contribution in [-0.4, -0.2) is 22.3 Å². The first kappa shape index (κ1) is 12.2. The minimum Gasteiger partial charge on any atom is -0.347 e. The van der Waals surface area contributed by atoms with E-state index in [9.17, 15) is 4.79 Å². The van der Waals surface area contributed by atoms with Gasteiger partial charge in [-0.15, -0.1) is 0 Å². The van der Waals surface area contributed by atoms with Crippen molar-refractivity contribution in [3.63, 3.8) is 0 Å². The molecule has 1 amide bonds. The number of carbonyl (C=O) groups is 1. The molecule has 0 saturated carbocycles. The van der Waals surface area contributed by atoms with E-state index in [-0.39, 0.29) is 11.9 Å². The van der Waals surface area contributed by atoms with Gasteiger partial charge in [0.2, 0.25) is 0 Å². The number of hydrogen-bond donors (Lipinski definition) is 1. The number of alkyl halides is 1. The van der Waals surface area contributed by atoms with E-state index in [2.05, 4.69) is 40.1 Å². The molecule has 0 aromatic carbocycles. The second-order valence-corrected chi connectivity index (χ2v) is 4.34. The Morgan fingerprint density at radius 1 is 1.53 bits per heavy atom. The summed E-state index contributed by atoms with van der Waals surface area (Å²) in [4.78, 5) is 15.7. The summed E-state index contributed by atoms with van der Waals surface area (Å²) in [7, 11) is 0. The van der Waals surface area contributed by atoms with Gasteiger partial charge < -0.3 is 5.32 Å². The fraction of sp³-hybridized carbons (Fsp3) is 0.455. The highest BCUT2D eigenvalue weighted by atomic mass is 79.9. The molecule has 0 spiro atoms. The number of halogens is 1. The second-order valence-electron chi connectivity index (χ2n) is 3.69. The molecular formula is C11H15BrN2O. The Kier molecular flexibility index (Phi) is 4.75. The first-order valence-electron chi connectivity index (χ1n) is 4.93. The molecule has 0 aliphatic carbocycles. The molecule has 1 aromatic heterocycles. The van der Waals surface area contributed by atoms with Gasteiger partial charge in [0.05, 0.1) is 0 Å². The Morgan fingerprint density at radius 3 is 2.73 bits per heavy atom. The highest BCUT2D eigenvalue weighted by molar-refractivity contribution is 9.09. The monoisotopic (exact) mass is 270 g/mol. The lowest BCUT2D eigenvalue weighted by atomic mass is 10.1. The summed E-state index contributed by atoms with van der Waals surface area (Å²) in [6.07, 6.45) is 1.62. The lowest BCUT2D eigenvalue weighted by Gasteiger charge is -2.19. The fourth-order valence-corrected chi connectivity index (χ4v) is 2.03. The van der Waals surface area contributed by atoms with Crippen LogP contribution in [0, 0.1) is 5.92 Å². The van der Waals surface area contributed by atoms with Gasteiger partial charge in [-0.3, -0.25) is 9.78 Å². The zero-order chi connectivity index (χ0) is 11.3. The number of nitrogens with zero attached hydrogens (tertiary/aromatic N) is 1. The van der Waals surface area contributed by atoms with Gasteiger partial charge in [-0.1, -0.05) is 35.8 Å². The molecule has 1 atom stereocenters. The van der Waals surface area contributed by atoms with Crippen LogP contribution in [0.5, 0.6) is 0 Å². The predicted octanol–water partition coefficient (Wildman–Crippen LogP) is 2.23. The van der Waals surface area contributed by atoms with Crippen LogP contribution in [0.2, 0.25) is 0 Å². The van der Waals surface area contributed by atoms with E-state index in [0.29, 0.717) is 11.6 Å². The van der Waals surface area contributed by atoms with Crippen molar-refractivity contribution in [2.45, 2.75) is 19.9 Å². The van der Waals surface area contributed by atoms with Crippen LogP contribution < -0.4 is 5.32 Å². The van der Waals surface area contributed by atoms with Crippen molar-refractivity contribution in [2.24, 2.45) is 5.92 Å².